The van der Waals surface area contributed by atoms with E-state index in [4.69, 9.17) is 33.3 Å². The lowest BCUT2D eigenvalue weighted by molar-refractivity contribution is -0.0571. The number of carbonyl (C=O) groups is 2. The molecule has 5 unspecified atom stereocenters. The molecule has 7 atom stereocenters. The summed E-state index contributed by atoms with van der Waals surface area (Å²) in [5.74, 6) is 4.33. The lowest BCUT2D eigenvalue weighted by Gasteiger charge is -2.37. The van der Waals surface area contributed by atoms with Crippen molar-refractivity contribution in [1.29, 1.82) is 0 Å². The SMILES string of the molecule is C=CCOC1C[C@H](n2cc(C#CCOCSSC(C)(C)CNC(=O)c3ccc(C4c5cc(C)c(NCC)cc5OC5=C/C(=N/CC)C(C)=CC54)c(C(=O)O)c3)c(=O)[nH]c2=O)O[C@@H]1COP(=O)(O)OP(=O)(O)OP(=O)(O)O. The molecular formula is C47H58N5O19P3S2. The highest BCUT2D eigenvalue weighted by Gasteiger charge is 2.44. The van der Waals surface area contributed by atoms with Crippen LogP contribution in [0.3, 0.4) is 0 Å². The minimum atomic E-state index is -5.79. The summed E-state index contributed by atoms with van der Waals surface area (Å²) in [7, 11) is -14.2. The molecule has 1 fully saturated rings. The normalized spacial score (nSPS) is 21.3. The number of aromatic carboxylic acids is 1. The molecule has 0 radical (unpaired) electrons. The van der Waals surface area contributed by atoms with Crippen LogP contribution in [-0.4, -0.2) is 114 Å². The number of ether oxygens (including phenoxy) is 4. The number of anilines is 1. The van der Waals surface area contributed by atoms with E-state index in [-0.39, 0.29) is 54.7 Å². The molecule has 1 aliphatic carbocycles. The zero-order valence-corrected chi connectivity index (χ0v) is 46.3. The second-order valence-corrected chi connectivity index (χ2v) is 25.1. The van der Waals surface area contributed by atoms with Gasteiger partial charge in [-0.25, -0.2) is 23.3 Å². The van der Waals surface area contributed by atoms with Gasteiger partial charge in [0.1, 0.15) is 41.9 Å². The zero-order chi connectivity index (χ0) is 55.8. The number of rotatable bonds is 24. The topological polar surface area (TPSA) is 342 Å². The van der Waals surface area contributed by atoms with Gasteiger partial charge in [0.05, 0.1) is 30.6 Å². The summed E-state index contributed by atoms with van der Waals surface area (Å²) in [6.45, 7) is 15.7. The number of fused-ring (bicyclic) bond motifs is 2. The molecule has 24 nitrogen and oxygen atoms in total. The van der Waals surface area contributed by atoms with Crippen molar-refractivity contribution >= 4 is 68.3 Å². The number of carboxylic acids is 1. The minimum absolute atomic E-state index is 0.00829. The Hall–Kier alpha value is -4.90. The molecule has 1 amide bonds. The average Bonchev–Trinajstić information content (AvgIpc) is 3.76. The van der Waals surface area contributed by atoms with Crippen LogP contribution < -0.4 is 26.6 Å². The van der Waals surface area contributed by atoms with E-state index in [0.29, 0.717) is 30.2 Å². The number of nitrogens with zero attached hydrogens (tertiary/aromatic N) is 2. The Morgan fingerprint density at radius 1 is 1.07 bits per heavy atom. The number of aromatic nitrogens is 2. The summed E-state index contributed by atoms with van der Waals surface area (Å²) in [4.78, 5) is 95.9. The van der Waals surface area contributed by atoms with E-state index in [1.54, 1.807) is 12.1 Å². The Bertz CT molecular complexity index is 3140. The van der Waals surface area contributed by atoms with Crippen molar-refractivity contribution in [3.8, 4) is 17.6 Å². The average molecular weight is 1150 g/mol. The maximum Gasteiger partial charge on any atom is 0.490 e. The molecule has 1 saturated heterocycles. The molecule has 76 heavy (non-hydrogen) atoms. The van der Waals surface area contributed by atoms with E-state index in [1.807, 2.05) is 59.8 Å². The highest BCUT2D eigenvalue weighted by molar-refractivity contribution is 8.77. The quantitative estimate of drug-likeness (QED) is 0.0118. The van der Waals surface area contributed by atoms with Gasteiger partial charge in [0.25, 0.3) is 11.5 Å². The Labute approximate surface area is 444 Å². The third-order valence-electron chi connectivity index (χ3n) is 11.5. The number of H-pyrrole nitrogens is 1. The maximum atomic E-state index is 13.6. The highest BCUT2D eigenvalue weighted by atomic mass is 33.1. The Kier molecular flexibility index (Phi) is 20.4. The number of aryl methyl sites for hydroxylation is 1. The van der Waals surface area contributed by atoms with Gasteiger partial charge >= 0.3 is 35.1 Å². The summed E-state index contributed by atoms with van der Waals surface area (Å²) in [6.07, 6.45) is 3.03. The van der Waals surface area contributed by atoms with Gasteiger partial charge in [-0.05, 0) is 76.4 Å². The Morgan fingerprint density at radius 2 is 1.82 bits per heavy atom. The summed E-state index contributed by atoms with van der Waals surface area (Å²) in [5, 5.41) is 16.9. The molecule has 3 heterocycles. The second kappa shape index (κ2) is 25.7. The van der Waals surface area contributed by atoms with Crippen molar-refractivity contribution < 1.29 is 80.1 Å². The van der Waals surface area contributed by atoms with E-state index in [2.05, 4.69) is 53.7 Å². The molecule has 0 bridgehead atoms. The van der Waals surface area contributed by atoms with Gasteiger partial charge in [-0.3, -0.25) is 28.7 Å². The molecule has 6 rings (SSSR count). The first-order chi connectivity index (χ1) is 35.7. The molecule has 1 aromatic heterocycles. The number of aromatic amines is 1. The molecular weight excluding hydrogens is 1100 g/mol. The van der Waals surface area contributed by atoms with Crippen molar-refractivity contribution in [2.75, 3.05) is 50.7 Å². The van der Waals surface area contributed by atoms with Crippen molar-refractivity contribution in [2.24, 2.45) is 10.9 Å². The fourth-order valence-electron chi connectivity index (χ4n) is 8.25. The van der Waals surface area contributed by atoms with Crippen molar-refractivity contribution in [3.05, 3.63) is 127 Å². The highest BCUT2D eigenvalue weighted by Crippen LogP contribution is 2.66. The first kappa shape index (κ1) is 60.3. The summed E-state index contributed by atoms with van der Waals surface area (Å²) in [6, 6.07) is 8.72. The van der Waals surface area contributed by atoms with Crippen LogP contribution >= 0.6 is 45.1 Å². The molecule has 412 valence electrons. The number of phosphoric acid groups is 3. The molecule has 3 aliphatic rings. The van der Waals surface area contributed by atoms with Crippen LogP contribution in [0.4, 0.5) is 5.69 Å². The van der Waals surface area contributed by atoms with Crippen molar-refractivity contribution in [3.63, 3.8) is 0 Å². The van der Waals surface area contributed by atoms with Crippen LogP contribution in [-0.2, 0) is 41.1 Å². The van der Waals surface area contributed by atoms with E-state index in [0.717, 1.165) is 38.9 Å². The predicted octanol–water partition coefficient (Wildman–Crippen LogP) is 6.54. The number of benzene rings is 2. The lowest BCUT2D eigenvalue weighted by Crippen LogP contribution is -2.36. The fourth-order valence-corrected chi connectivity index (χ4v) is 13.4. The third-order valence-corrected chi connectivity index (χ3v) is 18.3. The Balaban J connectivity index is 1.04. The summed E-state index contributed by atoms with van der Waals surface area (Å²) >= 11 is 0. The largest absolute Gasteiger partial charge is 0.490 e. The lowest BCUT2D eigenvalue weighted by atomic mass is 9.73. The summed E-state index contributed by atoms with van der Waals surface area (Å²) in [5.41, 5.74) is 3.27. The molecule has 2 aliphatic heterocycles. The van der Waals surface area contributed by atoms with Gasteiger partial charge in [0.15, 0.2) is 0 Å². The van der Waals surface area contributed by atoms with Crippen LogP contribution in [0.25, 0.3) is 0 Å². The maximum absolute atomic E-state index is 13.6. The first-order valence-electron chi connectivity index (χ1n) is 23.3. The standard InChI is InChI=1S/C47H58N5O19P3S2/c1-8-15-66-39-22-41(69-40(39)24-67-73(61,62)71-74(63,64)70-72(58,59)60)52-23-30(44(54)51-46(52)57)12-11-16-65-26-75-76-47(6,7)25-50-43(53)29-13-14-31(32(19-29)45(55)56)42-33-17-27(4)35(48-9-2)20-37(33)68-38-21-36(49-10-3)28(5)18-34(38)42/h8,13-14,17-21,23,33,39-42,49H,1,9-10,15-16,22,24-26H2,2-7H3,(H,50,53)(H,55,56)(H,61,62)(H,63,64)(H,51,54,57)(H2,58,59,60)/b48-35-/t33?,39?,40-,41-,42?/m1/s1. The number of phosphoric ester groups is 1. The van der Waals surface area contributed by atoms with Crippen LogP contribution in [0.5, 0.6) is 5.75 Å². The molecule has 0 saturated carbocycles. The number of amides is 1. The number of hydrogen-bond donors (Lipinski definition) is 8. The smallest absolute Gasteiger partial charge is 0.478 e. The molecule has 29 heteroatoms. The van der Waals surface area contributed by atoms with E-state index in [1.165, 1.54) is 33.7 Å². The number of aliphatic imine (C=N–C) groups is 1. The van der Waals surface area contributed by atoms with E-state index in [9.17, 15) is 47.8 Å². The number of carbonyl (C=O) groups excluding carboxylic acids is 1. The second-order valence-electron chi connectivity index (χ2n) is 17.7. The van der Waals surface area contributed by atoms with Gasteiger partial charge < -0.3 is 54.3 Å². The van der Waals surface area contributed by atoms with Crippen molar-refractivity contribution in [1.82, 2.24) is 14.9 Å². The Morgan fingerprint density at radius 3 is 2.50 bits per heavy atom. The van der Waals surface area contributed by atoms with Gasteiger partial charge in [-0.15, -0.1) is 6.58 Å². The first-order valence-corrected chi connectivity index (χ1v) is 30.1. The van der Waals surface area contributed by atoms with Gasteiger partial charge in [-0.2, -0.15) is 8.62 Å². The monoisotopic (exact) mass is 1150 g/mol. The minimum Gasteiger partial charge on any atom is -0.478 e. The van der Waals surface area contributed by atoms with Crippen LogP contribution in [0.1, 0.15) is 96.2 Å². The van der Waals surface area contributed by atoms with Gasteiger partial charge in [0.2, 0.25) is 0 Å². The molecule has 2 aromatic carbocycles. The van der Waals surface area contributed by atoms with Crippen LogP contribution in [0, 0.1) is 24.7 Å². The van der Waals surface area contributed by atoms with E-state index < -0.39 is 82.3 Å². The molecule has 8 N–H and O–H groups in total. The molecule has 0 spiro atoms. The predicted molar refractivity (Wildman–Crippen MR) is 283 cm³/mol. The fraction of sp³-hybridized carbons (Fsp3) is 0.426. The number of hydrogen-bond acceptors (Lipinski definition) is 18. The number of nitrogens with one attached hydrogen (secondary N) is 3. The summed E-state index contributed by atoms with van der Waals surface area (Å²) < 4.78 is 71.3. The van der Waals surface area contributed by atoms with E-state index >= 15 is 0 Å². The number of carboxylic acid groups (broad SMARTS) is 1. The molecule has 3 aromatic rings. The van der Waals surface area contributed by atoms with Gasteiger partial charge in [0, 0.05) is 77.8 Å². The van der Waals surface area contributed by atoms with Crippen molar-refractivity contribution in [2.45, 2.75) is 77.1 Å². The number of allylic oxidation sites excluding steroid dienone is 3. The van der Waals surface area contributed by atoms with Gasteiger partial charge in [-0.1, -0.05) is 51.6 Å². The third kappa shape index (κ3) is 16.1. The van der Waals surface area contributed by atoms with Crippen LogP contribution in [0.15, 0.2) is 87.2 Å². The van der Waals surface area contributed by atoms with Crippen LogP contribution in [0.2, 0.25) is 0 Å². The zero-order valence-electron chi connectivity index (χ0n) is 42.0.